The maximum atomic E-state index is 12.0. The molecule has 0 amide bonds. The second kappa shape index (κ2) is 8.49. The topological polar surface area (TPSA) is 35.5 Å². The third kappa shape index (κ3) is 4.73. The molecule has 0 radical (unpaired) electrons. The lowest BCUT2D eigenvalue weighted by atomic mass is 9.78. The van der Waals surface area contributed by atoms with Crippen LogP contribution in [0.4, 0.5) is 0 Å². The van der Waals surface area contributed by atoms with E-state index in [0.29, 0.717) is 16.5 Å². The van der Waals surface area contributed by atoms with Gasteiger partial charge < -0.3 is 9.47 Å². The summed E-state index contributed by atoms with van der Waals surface area (Å²) in [5.41, 5.74) is 3.14. The third-order valence-electron chi connectivity index (χ3n) is 4.79. The van der Waals surface area contributed by atoms with E-state index in [4.69, 9.17) is 21.1 Å². The standard InChI is InChI=1S/C24H23ClO3/c1-17-15-21(13-14-22(17)25)28-23(26)16-27-20-11-9-19(10-12-20)24(2,3)18-7-5-4-6-8-18/h4-15H,16H2,1-3H3. The van der Waals surface area contributed by atoms with Crippen molar-refractivity contribution >= 4 is 17.6 Å². The lowest BCUT2D eigenvalue weighted by Gasteiger charge is -2.26. The van der Waals surface area contributed by atoms with Gasteiger partial charge in [-0.1, -0.05) is 67.9 Å². The van der Waals surface area contributed by atoms with Gasteiger partial charge in [0, 0.05) is 10.4 Å². The molecule has 3 aromatic rings. The summed E-state index contributed by atoms with van der Waals surface area (Å²) in [6.45, 7) is 6.06. The van der Waals surface area contributed by atoms with Gasteiger partial charge in [-0.2, -0.15) is 0 Å². The first-order valence-electron chi connectivity index (χ1n) is 9.12. The average Bonchev–Trinajstić information content (AvgIpc) is 2.70. The molecule has 0 aliphatic heterocycles. The van der Waals surface area contributed by atoms with Gasteiger partial charge in [-0.25, -0.2) is 4.79 Å². The highest BCUT2D eigenvalue weighted by molar-refractivity contribution is 6.31. The second-order valence-corrected chi connectivity index (χ2v) is 7.60. The van der Waals surface area contributed by atoms with E-state index in [9.17, 15) is 4.79 Å². The molecule has 4 heteroatoms. The van der Waals surface area contributed by atoms with E-state index < -0.39 is 5.97 Å². The van der Waals surface area contributed by atoms with Crippen LogP contribution in [0.3, 0.4) is 0 Å². The van der Waals surface area contributed by atoms with E-state index in [-0.39, 0.29) is 12.0 Å². The normalized spacial score (nSPS) is 11.1. The minimum Gasteiger partial charge on any atom is -0.482 e. The molecule has 0 atom stereocenters. The number of esters is 1. The molecule has 0 saturated heterocycles. The van der Waals surface area contributed by atoms with Crippen molar-refractivity contribution in [2.45, 2.75) is 26.2 Å². The SMILES string of the molecule is Cc1cc(OC(=O)COc2ccc(C(C)(C)c3ccccc3)cc2)ccc1Cl. The van der Waals surface area contributed by atoms with Crippen molar-refractivity contribution in [3.63, 3.8) is 0 Å². The highest BCUT2D eigenvalue weighted by Gasteiger charge is 2.22. The molecule has 3 aromatic carbocycles. The third-order valence-corrected chi connectivity index (χ3v) is 5.21. The van der Waals surface area contributed by atoms with E-state index in [0.717, 1.165) is 5.56 Å². The van der Waals surface area contributed by atoms with Crippen molar-refractivity contribution in [1.82, 2.24) is 0 Å². The van der Waals surface area contributed by atoms with Crippen LogP contribution in [0.25, 0.3) is 0 Å². The summed E-state index contributed by atoms with van der Waals surface area (Å²) in [4.78, 5) is 12.0. The zero-order valence-corrected chi connectivity index (χ0v) is 17.0. The Morgan fingerprint density at radius 2 is 1.50 bits per heavy atom. The predicted molar refractivity (Wildman–Crippen MR) is 112 cm³/mol. The first-order valence-corrected chi connectivity index (χ1v) is 9.50. The fraction of sp³-hybridized carbons (Fsp3) is 0.208. The molecule has 0 bridgehead atoms. The van der Waals surface area contributed by atoms with Gasteiger partial charge in [-0.3, -0.25) is 0 Å². The molecule has 3 nitrogen and oxygen atoms in total. The van der Waals surface area contributed by atoms with E-state index >= 15 is 0 Å². The minimum atomic E-state index is -0.463. The summed E-state index contributed by atoms with van der Waals surface area (Å²) in [5, 5.41) is 0.634. The van der Waals surface area contributed by atoms with Gasteiger partial charge in [0.05, 0.1) is 0 Å². The van der Waals surface area contributed by atoms with Crippen LogP contribution in [0, 0.1) is 6.92 Å². The monoisotopic (exact) mass is 394 g/mol. The Balaban J connectivity index is 1.60. The summed E-state index contributed by atoms with van der Waals surface area (Å²) in [6.07, 6.45) is 0. The molecule has 28 heavy (non-hydrogen) atoms. The number of aryl methyl sites for hydroxylation is 1. The van der Waals surface area contributed by atoms with Crippen LogP contribution >= 0.6 is 11.6 Å². The molecule has 0 unspecified atom stereocenters. The van der Waals surface area contributed by atoms with Crippen LogP contribution in [-0.2, 0) is 10.2 Å². The number of carbonyl (C=O) groups is 1. The van der Waals surface area contributed by atoms with Gasteiger partial charge >= 0.3 is 5.97 Å². The molecule has 0 aromatic heterocycles. The number of ether oxygens (including phenoxy) is 2. The number of benzene rings is 3. The van der Waals surface area contributed by atoms with Crippen molar-refractivity contribution in [1.29, 1.82) is 0 Å². The van der Waals surface area contributed by atoms with Crippen LogP contribution < -0.4 is 9.47 Å². The van der Waals surface area contributed by atoms with Crippen molar-refractivity contribution in [3.8, 4) is 11.5 Å². The fourth-order valence-corrected chi connectivity index (χ4v) is 3.09. The Bertz CT molecular complexity index is 947. The van der Waals surface area contributed by atoms with Gasteiger partial charge in [0.25, 0.3) is 0 Å². The van der Waals surface area contributed by atoms with Crippen LogP contribution in [-0.4, -0.2) is 12.6 Å². The smallest absolute Gasteiger partial charge is 0.349 e. The van der Waals surface area contributed by atoms with Crippen LogP contribution in [0.15, 0.2) is 72.8 Å². The fourth-order valence-electron chi connectivity index (χ4n) is 2.97. The Kier molecular flexibility index (Phi) is 6.05. The maximum absolute atomic E-state index is 12.0. The first-order chi connectivity index (χ1) is 13.4. The lowest BCUT2D eigenvalue weighted by molar-refractivity contribution is -0.136. The van der Waals surface area contributed by atoms with E-state index in [1.807, 2.05) is 49.4 Å². The highest BCUT2D eigenvalue weighted by atomic mass is 35.5. The molecule has 0 saturated carbocycles. The zero-order chi connectivity index (χ0) is 20.1. The summed E-state index contributed by atoms with van der Waals surface area (Å²) in [5.74, 6) is 0.614. The van der Waals surface area contributed by atoms with Gasteiger partial charge in [-0.05, 0) is 53.9 Å². The molecule has 3 rings (SSSR count). The quantitative estimate of drug-likeness (QED) is 0.382. The van der Waals surface area contributed by atoms with Crippen LogP contribution in [0.1, 0.15) is 30.5 Å². The molecular formula is C24H23ClO3. The minimum absolute atomic E-state index is 0.120. The van der Waals surface area contributed by atoms with E-state index in [2.05, 4.69) is 26.0 Å². The average molecular weight is 395 g/mol. The predicted octanol–water partition coefficient (Wildman–Crippen LogP) is 5.96. The molecule has 0 fully saturated rings. The van der Waals surface area contributed by atoms with Gasteiger partial charge in [0.15, 0.2) is 6.61 Å². The molecule has 0 aliphatic carbocycles. The Morgan fingerprint density at radius 3 is 2.14 bits per heavy atom. The summed E-state index contributed by atoms with van der Waals surface area (Å²) in [6, 6.07) is 23.2. The zero-order valence-electron chi connectivity index (χ0n) is 16.2. The molecule has 0 N–H and O–H groups in total. The molecule has 0 aliphatic rings. The number of halogens is 1. The Morgan fingerprint density at radius 1 is 0.893 bits per heavy atom. The number of hydrogen-bond acceptors (Lipinski definition) is 3. The molecule has 0 heterocycles. The number of rotatable bonds is 6. The highest BCUT2D eigenvalue weighted by Crippen LogP contribution is 2.32. The molecule has 0 spiro atoms. The molecular weight excluding hydrogens is 372 g/mol. The summed E-state index contributed by atoms with van der Waals surface area (Å²) >= 11 is 5.98. The number of carbonyl (C=O) groups excluding carboxylic acids is 1. The van der Waals surface area contributed by atoms with E-state index in [1.54, 1.807) is 18.2 Å². The van der Waals surface area contributed by atoms with Gasteiger partial charge in [-0.15, -0.1) is 0 Å². The maximum Gasteiger partial charge on any atom is 0.349 e. The largest absolute Gasteiger partial charge is 0.482 e. The second-order valence-electron chi connectivity index (χ2n) is 7.19. The van der Waals surface area contributed by atoms with Crippen molar-refractivity contribution in [2.24, 2.45) is 0 Å². The summed E-state index contributed by atoms with van der Waals surface area (Å²) < 4.78 is 10.9. The Hall–Kier alpha value is -2.78. The van der Waals surface area contributed by atoms with Gasteiger partial charge in [0.2, 0.25) is 0 Å². The lowest BCUT2D eigenvalue weighted by Crippen LogP contribution is -2.19. The van der Waals surface area contributed by atoms with Crippen LogP contribution in [0.2, 0.25) is 5.02 Å². The van der Waals surface area contributed by atoms with Crippen LogP contribution in [0.5, 0.6) is 11.5 Å². The molecule has 144 valence electrons. The van der Waals surface area contributed by atoms with Crippen molar-refractivity contribution in [2.75, 3.05) is 6.61 Å². The van der Waals surface area contributed by atoms with Crippen molar-refractivity contribution in [3.05, 3.63) is 94.5 Å². The first kappa shape index (κ1) is 20.0. The van der Waals surface area contributed by atoms with E-state index in [1.165, 1.54) is 11.1 Å². The van der Waals surface area contributed by atoms with Crippen molar-refractivity contribution < 1.29 is 14.3 Å². The van der Waals surface area contributed by atoms with Gasteiger partial charge in [0.1, 0.15) is 11.5 Å². The summed E-state index contributed by atoms with van der Waals surface area (Å²) in [7, 11) is 0. The number of hydrogen-bond donors (Lipinski definition) is 0. The Labute approximate surface area is 170 Å².